The van der Waals surface area contributed by atoms with Gasteiger partial charge >= 0.3 is 5.97 Å². The molecule has 28 heavy (non-hydrogen) atoms. The number of hydrogen-bond donors (Lipinski definition) is 1. The van der Waals surface area contributed by atoms with Crippen molar-refractivity contribution >= 4 is 62.2 Å². The first-order chi connectivity index (χ1) is 13.3. The number of halogens is 1. The van der Waals surface area contributed by atoms with Gasteiger partial charge in [-0.1, -0.05) is 12.1 Å². The molecule has 0 aliphatic carbocycles. The molecule has 1 heterocycles. The second-order valence-electron chi connectivity index (χ2n) is 5.69. The Hall–Kier alpha value is -2.98. The zero-order chi connectivity index (χ0) is 20.4. The summed E-state index contributed by atoms with van der Waals surface area (Å²) in [5, 5.41) is 20.5. The zero-order valence-corrected chi connectivity index (χ0v) is 16.7. The summed E-state index contributed by atoms with van der Waals surface area (Å²) >= 11 is 4.23. The van der Waals surface area contributed by atoms with Crippen LogP contribution in [0.2, 0.25) is 0 Å². The summed E-state index contributed by atoms with van der Waals surface area (Å²) in [5.74, 6) is -1.37. The normalized spacial score (nSPS) is 16.8. The quantitative estimate of drug-likeness (QED) is 0.412. The molecule has 0 atom stereocenters. The fraction of sp³-hybridized carbons (Fsp3) is 0.0556. The number of likely N-dealkylation sites (N-methyl/N-ethyl adjacent to an activating group) is 1. The van der Waals surface area contributed by atoms with Gasteiger partial charge in [0, 0.05) is 13.1 Å². The molecular formula is C18H12BrN3O5S. The van der Waals surface area contributed by atoms with Crippen LogP contribution in [-0.4, -0.2) is 39.0 Å². The van der Waals surface area contributed by atoms with E-state index in [1.807, 2.05) is 0 Å². The van der Waals surface area contributed by atoms with Crippen LogP contribution in [-0.2, 0) is 4.79 Å². The molecule has 1 amide bonds. The molecule has 1 aliphatic heterocycles. The Labute approximate surface area is 171 Å². The molecule has 0 unspecified atom stereocenters. The smallest absolute Gasteiger partial charge is 0.335 e. The van der Waals surface area contributed by atoms with Gasteiger partial charge in [0.1, 0.15) is 0 Å². The van der Waals surface area contributed by atoms with Crippen molar-refractivity contribution in [3.8, 4) is 0 Å². The standard InChI is InChI=1S/C18H12BrN3O5S/c1-21-16(23)15(8-10-5-6-13(19)14(7-10)22(26)27)28-18(21)20-12-4-2-3-11(9-12)17(24)25/h2-9H,1H3,(H,24,25). The van der Waals surface area contributed by atoms with Gasteiger partial charge in [0.15, 0.2) is 5.17 Å². The van der Waals surface area contributed by atoms with Crippen molar-refractivity contribution in [1.82, 2.24) is 4.90 Å². The van der Waals surface area contributed by atoms with Gasteiger partial charge in [-0.05, 0) is 63.6 Å². The second-order valence-corrected chi connectivity index (χ2v) is 7.56. The number of nitro groups is 1. The monoisotopic (exact) mass is 461 g/mol. The van der Waals surface area contributed by atoms with Crippen LogP contribution in [0.25, 0.3) is 6.08 Å². The summed E-state index contributed by atoms with van der Waals surface area (Å²) in [6.07, 6.45) is 1.55. The van der Waals surface area contributed by atoms with Crippen LogP contribution in [0.15, 0.2) is 56.8 Å². The van der Waals surface area contributed by atoms with Crippen LogP contribution in [0, 0.1) is 10.1 Å². The zero-order valence-electron chi connectivity index (χ0n) is 14.3. The number of hydrogen-bond acceptors (Lipinski definition) is 6. The predicted octanol–water partition coefficient (Wildman–Crippen LogP) is 4.29. The molecule has 0 radical (unpaired) electrons. The molecule has 1 aliphatic rings. The van der Waals surface area contributed by atoms with Crippen LogP contribution < -0.4 is 0 Å². The molecule has 3 rings (SSSR count). The lowest BCUT2D eigenvalue weighted by atomic mass is 10.2. The minimum Gasteiger partial charge on any atom is -0.478 e. The number of nitrogens with zero attached hydrogens (tertiary/aromatic N) is 3. The van der Waals surface area contributed by atoms with E-state index in [2.05, 4.69) is 20.9 Å². The van der Waals surface area contributed by atoms with Gasteiger partial charge in [0.05, 0.1) is 25.6 Å². The molecule has 8 nitrogen and oxygen atoms in total. The number of benzene rings is 2. The Morgan fingerprint density at radius 3 is 2.75 bits per heavy atom. The maximum atomic E-state index is 12.5. The van der Waals surface area contributed by atoms with Gasteiger partial charge in [-0.25, -0.2) is 9.79 Å². The number of rotatable bonds is 4. The first kappa shape index (κ1) is 19.8. The number of carboxylic acid groups (broad SMARTS) is 1. The Morgan fingerprint density at radius 1 is 1.32 bits per heavy atom. The summed E-state index contributed by atoms with van der Waals surface area (Å²) in [6.45, 7) is 0. The minimum atomic E-state index is -1.07. The lowest BCUT2D eigenvalue weighted by Gasteiger charge is -2.07. The van der Waals surface area contributed by atoms with Gasteiger partial charge in [0.2, 0.25) is 0 Å². The number of aliphatic imine (C=N–C) groups is 1. The molecule has 1 saturated heterocycles. The lowest BCUT2D eigenvalue weighted by Crippen LogP contribution is -2.23. The third kappa shape index (κ3) is 4.12. The Kier molecular flexibility index (Phi) is 5.61. The summed E-state index contributed by atoms with van der Waals surface area (Å²) in [6, 6.07) is 10.6. The van der Waals surface area contributed by atoms with E-state index in [1.165, 1.54) is 23.1 Å². The van der Waals surface area contributed by atoms with Crippen LogP contribution in [0.4, 0.5) is 11.4 Å². The van der Waals surface area contributed by atoms with Crippen molar-refractivity contribution in [2.45, 2.75) is 0 Å². The molecule has 1 N–H and O–H groups in total. The molecule has 142 valence electrons. The van der Waals surface area contributed by atoms with Gasteiger partial charge in [-0.3, -0.25) is 19.8 Å². The number of aromatic carboxylic acids is 1. The Balaban J connectivity index is 1.92. The fourth-order valence-corrected chi connectivity index (χ4v) is 3.76. The van der Waals surface area contributed by atoms with Gasteiger partial charge in [-0.15, -0.1) is 0 Å². The molecule has 0 saturated carbocycles. The van der Waals surface area contributed by atoms with Crippen LogP contribution in [0.5, 0.6) is 0 Å². The van der Waals surface area contributed by atoms with Crippen LogP contribution in [0.1, 0.15) is 15.9 Å². The van der Waals surface area contributed by atoms with E-state index in [4.69, 9.17) is 5.11 Å². The highest BCUT2D eigenvalue weighted by Crippen LogP contribution is 2.34. The summed E-state index contributed by atoms with van der Waals surface area (Å²) in [5.41, 5.74) is 0.908. The summed E-state index contributed by atoms with van der Waals surface area (Å²) in [4.78, 5) is 40.2. The minimum absolute atomic E-state index is 0.0942. The number of amides is 1. The average molecular weight is 462 g/mol. The maximum absolute atomic E-state index is 12.5. The third-order valence-electron chi connectivity index (χ3n) is 3.79. The van der Waals surface area contributed by atoms with Gasteiger partial charge < -0.3 is 5.11 Å². The number of amidine groups is 1. The van der Waals surface area contributed by atoms with Crippen molar-refractivity contribution < 1.29 is 19.6 Å². The molecule has 0 spiro atoms. The van der Waals surface area contributed by atoms with E-state index in [1.54, 1.807) is 37.4 Å². The SMILES string of the molecule is CN1C(=O)C(=Cc2ccc(Br)c([N+](=O)[O-])c2)SC1=Nc1cccc(C(=O)O)c1. The Bertz CT molecular complexity index is 1070. The molecular weight excluding hydrogens is 450 g/mol. The maximum Gasteiger partial charge on any atom is 0.335 e. The molecule has 2 aromatic carbocycles. The van der Waals surface area contributed by atoms with Gasteiger partial charge in [-0.2, -0.15) is 0 Å². The predicted molar refractivity (Wildman–Crippen MR) is 110 cm³/mol. The molecule has 2 aromatic rings. The van der Waals surface area contributed by atoms with E-state index in [0.29, 0.717) is 25.8 Å². The van der Waals surface area contributed by atoms with Crippen molar-refractivity contribution in [3.63, 3.8) is 0 Å². The summed E-state index contributed by atoms with van der Waals surface area (Å²) < 4.78 is 0.350. The van der Waals surface area contributed by atoms with Crippen molar-refractivity contribution in [3.05, 3.63) is 73.1 Å². The fourth-order valence-electron chi connectivity index (χ4n) is 2.38. The number of carbonyl (C=O) groups is 2. The van der Waals surface area contributed by atoms with E-state index in [0.717, 1.165) is 11.8 Å². The molecule has 0 aromatic heterocycles. The van der Waals surface area contributed by atoms with Crippen LogP contribution in [0.3, 0.4) is 0 Å². The van der Waals surface area contributed by atoms with Crippen molar-refractivity contribution in [2.75, 3.05) is 7.05 Å². The number of thioether (sulfide) groups is 1. The van der Waals surface area contributed by atoms with E-state index < -0.39 is 10.9 Å². The molecule has 1 fully saturated rings. The average Bonchev–Trinajstić information content (AvgIpc) is 2.91. The van der Waals surface area contributed by atoms with Gasteiger partial charge in [0.25, 0.3) is 11.6 Å². The highest BCUT2D eigenvalue weighted by atomic mass is 79.9. The topological polar surface area (TPSA) is 113 Å². The lowest BCUT2D eigenvalue weighted by molar-refractivity contribution is -0.385. The highest BCUT2D eigenvalue weighted by Gasteiger charge is 2.30. The highest BCUT2D eigenvalue weighted by molar-refractivity contribution is 9.10. The third-order valence-corrected chi connectivity index (χ3v) is 5.52. The first-order valence-corrected chi connectivity index (χ1v) is 9.41. The molecule has 10 heteroatoms. The second kappa shape index (κ2) is 7.95. The Morgan fingerprint density at radius 2 is 2.07 bits per heavy atom. The number of nitro benzene ring substituents is 1. The first-order valence-electron chi connectivity index (χ1n) is 7.80. The van der Waals surface area contributed by atoms with Crippen molar-refractivity contribution in [2.24, 2.45) is 4.99 Å². The number of carbonyl (C=O) groups excluding carboxylic acids is 1. The van der Waals surface area contributed by atoms with Crippen LogP contribution >= 0.6 is 27.7 Å². The summed E-state index contributed by atoms with van der Waals surface area (Å²) in [7, 11) is 1.56. The molecule has 0 bridgehead atoms. The van der Waals surface area contributed by atoms with E-state index >= 15 is 0 Å². The largest absolute Gasteiger partial charge is 0.478 e. The van der Waals surface area contributed by atoms with Crippen molar-refractivity contribution in [1.29, 1.82) is 0 Å². The number of carboxylic acids is 1. The van der Waals surface area contributed by atoms with E-state index in [-0.39, 0.29) is 17.2 Å². The van der Waals surface area contributed by atoms with E-state index in [9.17, 15) is 19.7 Å².